The Balaban J connectivity index is 1.64. The van der Waals surface area contributed by atoms with Crippen LogP contribution in [0.5, 0.6) is 0 Å². The van der Waals surface area contributed by atoms with Gasteiger partial charge < -0.3 is 15.1 Å². The quantitative estimate of drug-likeness (QED) is 0.510. The Labute approximate surface area is 182 Å². The number of carbonyl (C=O) groups is 2. The van der Waals surface area contributed by atoms with E-state index in [-0.39, 0.29) is 11.8 Å². The van der Waals surface area contributed by atoms with Gasteiger partial charge in [-0.15, -0.1) is 10.2 Å². The van der Waals surface area contributed by atoms with Gasteiger partial charge in [-0.3, -0.25) is 9.59 Å². The number of hydrogen-bond donors (Lipinski definition) is 2. The van der Waals surface area contributed by atoms with Gasteiger partial charge in [0.2, 0.25) is 23.6 Å². The van der Waals surface area contributed by atoms with E-state index >= 15 is 0 Å². The predicted molar refractivity (Wildman–Crippen MR) is 121 cm³/mol. The molecule has 31 heavy (non-hydrogen) atoms. The van der Waals surface area contributed by atoms with Crippen LogP contribution in [0.25, 0.3) is 22.9 Å². The smallest absolute Gasteiger partial charge is 0.248 e. The molecule has 2 aromatic carbocycles. The minimum atomic E-state index is -0.00771. The average Bonchev–Trinajstić information content (AvgIpc) is 3.18. The zero-order valence-electron chi connectivity index (χ0n) is 18.3. The first kappa shape index (κ1) is 22.2. The first-order chi connectivity index (χ1) is 14.8. The fraction of sp³-hybridized carbons (Fsp3) is 0.333. The van der Waals surface area contributed by atoms with Crippen LogP contribution in [0.15, 0.2) is 52.9 Å². The van der Waals surface area contributed by atoms with Crippen molar-refractivity contribution in [2.45, 2.75) is 40.5 Å². The number of benzene rings is 2. The predicted octanol–water partition coefficient (Wildman–Crippen LogP) is 5.37. The van der Waals surface area contributed by atoms with Crippen molar-refractivity contribution in [2.75, 3.05) is 10.6 Å². The minimum Gasteiger partial charge on any atom is -0.416 e. The van der Waals surface area contributed by atoms with Crippen molar-refractivity contribution >= 4 is 23.2 Å². The fourth-order valence-corrected chi connectivity index (χ4v) is 3.01. The number of hydrogen-bond acceptors (Lipinski definition) is 5. The molecule has 0 radical (unpaired) electrons. The van der Waals surface area contributed by atoms with E-state index in [1.165, 1.54) is 0 Å². The second-order valence-electron chi connectivity index (χ2n) is 8.36. The maximum atomic E-state index is 11.9. The van der Waals surface area contributed by atoms with E-state index in [4.69, 9.17) is 4.42 Å². The summed E-state index contributed by atoms with van der Waals surface area (Å²) < 4.78 is 5.81. The summed E-state index contributed by atoms with van der Waals surface area (Å²) in [6.45, 7) is 8.02. The van der Waals surface area contributed by atoms with Crippen LogP contribution in [0.4, 0.5) is 11.4 Å². The van der Waals surface area contributed by atoms with Gasteiger partial charge in [0, 0.05) is 35.3 Å². The maximum Gasteiger partial charge on any atom is 0.248 e. The lowest BCUT2D eigenvalue weighted by Crippen LogP contribution is -2.13. The highest BCUT2D eigenvalue weighted by Gasteiger charge is 2.12. The van der Waals surface area contributed by atoms with E-state index in [0.29, 0.717) is 36.5 Å². The van der Waals surface area contributed by atoms with E-state index in [9.17, 15) is 9.59 Å². The third kappa shape index (κ3) is 6.50. The summed E-state index contributed by atoms with van der Waals surface area (Å²) in [6, 6.07) is 14.6. The van der Waals surface area contributed by atoms with E-state index < -0.39 is 0 Å². The van der Waals surface area contributed by atoms with Gasteiger partial charge in [-0.2, -0.15) is 0 Å². The largest absolute Gasteiger partial charge is 0.416 e. The van der Waals surface area contributed by atoms with Crippen LogP contribution in [0.1, 0.15) is 40.5 Å². The summed E-state index contributed by atoms with van der Waals surface area (Å²) in [5.74, 6) is 1.38. The SMILES string of the molecule is CC(C)CC(=O)Nc1ccc(-c2nnc(-c3ccc(NC(=O)CC(C)C)cc3)o2)cc1. The molecule has 0 saturated carbocycles. The van der Waals surface area contributed by atoms with Gasteiger partial charge in [-0.1, -0.05) is 27.7 Å². The molecule has 0 unspecified atom stereocenters. The number of nitrogens with zero attached hydrogens (tertiary/aromatic N) is 2. The van der Waals surface area contributed by atoms with E-state index in [1.807, 2.05) is 76.2 Å². The van der Waals surface area contributed by atoms with Crippen LogP contribution in [0.2, 0.25) is 0 Å². The Morgan fingerprint density at radius 2 is 1.06 bits per heavy atom. The van der Waals surface area contributed by atoms with Crippen LogP contribution in [0.3, 0.4) is 0 Å². The van der Waals surface area contributed by atoms with Gasteiger partial charge in [0.1, 0.15) is 0 Å². The van der Waals surface area contributed by atoms with Crippen LogP contribution >= 0.6 is 0 Å². The summed E-state index contributed by atoms with van der Waals surface area (Å²) in [6.07, 6.45) is 0.962. The lowest BCUT2D eigenvalue weighted by atomic mass is 10.1. The van der Waals surface area contributed by atoms with Crippen molar-refractivity contribution in [3.05, 3.63) is 48.5 Å². The molecular weight excluding hydrogens is 392 g/mol. The van der Waals surface area contributed by atoms with E-state index in [0.717, 1.165) is 22.5 Å². The molecule has 0 fully saturated rings. The molecule has 162 valence electrons. The number of nitrogens with one attached hydrogen (secondary N) is 2. The third-order valence-electron chi connectivity index (χ3n) is 4.44. The summed E-state index contributed by atoms with van der Waals surface area (Å²) in [5.41, 5.74) is 2.98. The maximum absolute atomic E-state index is 11.9. The van der Waals surface area contributed by atoms with Crippen molar-refractivity contribution in [1.82, 2.24) is 10.2 Å². The Bertz CT molecular complexity index is 940. The van der Waals surface area contributed by atoms with Crippen LogP contribution in [-0.2, 0) is 9.59 Å². The monoisotopic (exact) mass is 420 g/mol. The Kier molecular flexibility index (Phi) is 7.18. The molecule has 0 aliphatic heterocycles. The van der Waals surface area contributed by atoms with Gasteiger partial charge in [-0.05, 0) is 60.4 Å². The number of aromatic nitrogens is 2. The van der Waals surface area contributed by atoms with Crippen LogP contribution in [-0.4, -0.2) is 22.0 Å². The normalized spacial score (nSPS) is 11.0. The topological polar surface area (TPSA) is 97.1 Å². The van der Waals surface area contributed by atoms with Gasteiger partial charge in [-0.25, -0.2) is 0 Å². The molecule has 3 aromatic rings. The first-order valence-electron chi connectivity index (χ1n) is 10.4. The molecule has 7 nitrogen and oxygen atoms in total. The molecule has 2 N–H and O–H groups in total. The highest BCUT2D eigenvalue weighted by Crippen LogP contribution is 2.26. The van der Waals surface area contributed by atoms with Crippen LogP contribution in [0, 0.1) is 11.8 Å². The Hall–Kier alpha value is -3.48. The highest BCUT2D eigenvalue weighted by atomic mass is 16.4. The summed E-state index contributed by atoms with van der Waals surface area (Å²) in [5, 5.41) is 14.0. The molecule has 1 aromatic heterocycles. The summed E-state index contributed by atoms with van der Waals surface area (Å²) in [4.78, 5) is 23.8. The minimum absolute atomic E-state index is 0.00771. The van der Waals surface area contributed by atoms with Gasteiger partial charge in [0.25, 0.3) is 0 Å². The number of rotatable bonds is 8. The summed E-state index contributed by atoms with van der Waals surface area (Å²) in [7, 11) is 0. The van der Waals surface area contributed by atoms with Gasteiger partial charge in [0.15, 0.2) is 0 Å². The van der Waals surface area contributed by atoms with Crippen molar-refractivity contribution in [3.63, 3.8) is 0 Å². The molecule has 0 bridgehead atoms. The number of carbonyl (C=O) groups excluding carboxylic acids is 2. The van der Waals surface area contributed by atoms with E-state index in [2.05, 4.69) is 20.8 Å². The first-order valence-corrected chi connectivity index (χ1v) is 10.4. The van der Waals surface area contributed by atoms with Gasteiger partial charge in [0.05, 0.1) is 0 Å². The average molecular weight is 421 g/mol. The van der Waals surface area contributed by atoms with Crippen molar-refractivity contribution in [2.24, 2.45) is 11.8 Å². The van der Waals surface area contributed by atoms with Crippen molar-refractivity contribution in [3.8, 4) is 22.9 Å². The summed E-state index contributed by atoms with van der Waals surface area (Å²) >= 11 is 0. The molecule has 7 heteroatoms. The Morgan fingerprint density at radius 3 is 1.39 bits per heavy atom. The molecule has 0 spiro atoms. The van der Waals surface area contributed by atoms with Crippen molar-refractivity contribution in [1.29, 1.82) is 0 Å². The zero-order valence-corrected chi connectivity index (χ0v) is 18.3. The molecule has 2 amide bonds. The standard InChI is InChI=1S/C24H28N4O3/c1-15(2)13-21(29)25-19-9-5-17(6-10-19)23-27-28-24(31-23)18-7-11-20(12-8-18)26-22(30)14-16(3)4/h5-12,15-16H,13-14H2,1-4H3,(H,25,29)(H,26,30). The van der Waals surface area contributed by atoms with Crippen LogP contribution < -0.4 is 10.6 Å². The molecular formula is C24H28N4O3. The molecule has 3 rings (SSSR count). The highest BCUT2D eigenvalue weighted by molar-refractivity contribution is 5.91. The lowest BCUT2D eigenvalue weighted by Gasteiger charge is -2.07. The van der Waals surface area contributed by atoms with Gasteiger partial charge >= 0.3 is 0 Å². The molecule has 0 atom stereocenters. The fourth-order valence-electron chi connectivity index (χ4n) is 3.01. The lowest BCUT2D eigenvalue weighted by molar-refractivity contribution is -0.117. The molecule has 0 aliphatic rings. The van der Waals surface area contributed by atoms with E-state index in [1.54, 1.807) is 0 Å². The molecule has 1 heterocycles. The second-order valence-corrected chi connectivity index (χ2v) is 8.36. The number of anilines is 2. The Morgan fingerprint density at radius 1 is 0.710 bits per heavy atom. The molecule has 0 saturated heterocycles. The molecule has 0 aliphatic carbocycles. The third-order valence-corrected chi connectivity index (χ3v) is 4.44. The zero-order chi connectivity index (χ0) is 22.4. The second kappa shape index (κ2) is 10.0. The number of amides is 2. The van der Waals surface area contributed by atoms with Crippen molar-refractivity contribution < 1.29 is 14.0 Å².